The second kappa shape index (κ2) is 8.03. The first-order chi connectivity index (χ1) is 15.1. The number of hydrogen-bond acceptors (Lipinski definition) is 5. The summed E-state index contributed by atoms with van der Waals surface area (Å²) in [5, 5.41) is 16.2. The Labute approximate surface area is 183 Å². The van der Waals surface area contributed by atoms with Crippen molar-refractivity contribution in [1.29, 1.82) is 0 Å². The van der Waals surface area contributed by atoms with Crippen LogP contribution in [0, 0.1) is 6.92 Å². The fraction of sp³-hybridized carbons (Fsp3) is 0.217. The van der Waals surface area contributed by atoms with Gasteiger partial charge < -0.3 is 10.6 Å². The van der Waals surface area contributed by atoms with Crippen LogP contribution in [0.25, 0.3) is 16.6 Å². The number of fused-ring (bicyclic) bond motifs is 3. The molecule has 4 aromatic rings. The number of carbonyl (C=O) groups is 2. The summed E-state index contributed by atoms with van der Waals surface area (Å²) in [7, 11) is 0. The van der Waals surface area contributed by atoms with Gasteiger partial charge >= 0.3 is 0 Å². The largest absolute Gasteiger partial charge is 0.349 e. The van der Waals surface area contributed by atoms with Crippen molar-refractivity contribution in [1.82, 2.24) is 19.9 Å². The third-order valence-corrected chi connectivity index (χ3v) is 6.16. The number of hydrogen-bond donors (Lipinski definition) is 2. The van der Waals surface area contributed by atoms with E-state index in [2.05, 4.69) is 33.8 Å². The molecule has 0 bridgehead atoms. The molecular weight excluding hydrogens is 410 g/mol. The molecule has 1 aliphatic rings. The zero-order valence-electron chi connectivity index (χ0n) is 17.0. The number of carbonyl (C=O) groups excluding carboxylic acids is 2. The maximum atomic E-state index is 12.5. The predicted molar refractivity (Wildman–Crippen MR) is 122 cm³/mol. The van der Waals surface area contributed by atoms with Gasteiger partial charge in [-0.25, -0.2) is 0 Å². The van der Waals surface area contributed by atoms with Crippen LogP contribution in [-0.2, 0) is 4.79 Å². The van der Waals surface area contributed by atoms with Crippen molar-refractivity contribution in [3.63, 3.8) is 0 Å². The van der Waals surface area contributed by atoms with Crippen molar-refractivity contribution in [2.24, 2.45) is 0 Å². The van der Waals surface area contributed by atoms with E-state index in [9.17, 15) is 9.59 Å². The summed E-state index contributed by atoms with van der Waals surface area (Å²) in [4.78, 5) is 24.8. The maximum Gasteiger partial charge on any atom is 0.251 e. The van der Waals surface area contributed by atoms with Crippen LogP contribution in [-0.4, -0.2) is 38.2 Å². The van der Waals surface area contributed by atoms with Gasteiger partial charge in [0.15, 0.2) is 10.8 Å². The van der Waals surface area contributed by atoms with E-state index in [4.69, 9.17) is 0 Å². The van der Waals surface area contributed by atoms with Crippen molar-refractivity contribution >= 4 is 45.8 Å². The topological polar surface area (TPSA) is 88.4 Å². The molecule has 0 radical (unpaired) electrons. The Morgan fingerprint density at radius 3 is 2.77 bits per heavy atom. The Morgan fingerprint density at radius 1 is 1.10 bits per heavy atom. The highest BCUT2D eigenvalue weighted by atomic mass is 32.2. The summed E-state index contributed by atoms with van der Waals surface area (Å²) in [5.74, 6) is -0.0930. The van der Waals surface area contributed by atoms with E-state index < -0.39 is 0 Å². The van der Waals surface area contributed by atoms with Gasteiger partial charge in [-0.1, -0.05) is 36.0 Å². The first-order valence-electron chi connectivity index (χ1n) is 10.2. The summed E-state index contributed by atoms with van der Waals surface area (Å²) in [6.07, 6.45) is 2.07. The molecule has 2 aromatic heterocycles. The first-order valence-corrected chi connectivity index (χ1v) is 11.1. The van der Waals surface area contributed by atoms with Crippen LogP contribution in [0.2, 0.25) is 0 Å². The van der Waals surface area contributed by atoms with Gasteiger partial charge in [-0.15, -0.1) is 10.2 Å². The number of nitrogens with one attached hydrogen (secondary N) is 2. The third kappa shape index (κ3) is 4.11. The normalized spacial score (nSPS) is 13.5. The molecular formula is C23H21N5O2S. The summed E-state index contributed by atoms with van der Waals surface area (Å²) < 4.78 is 1.98. The lowest BCUT2D eigenvalue weighted by Gasteiger charge is -2.09. The highest BCUT2D eigenvalue weighted by molar-refractivity contribution is 7.99. The molecule has 2 heterocycles. The summed E-state index contributed by atoms with van der Waals surface area (Å²) in [5.41, 5.74) is 4.05. The van der Waals surface area contributed by atoms with Crippen LogP contribution in [0.15, 0.2) is 59.8 Å². The number of nitrogens with zero attached hydrogens (tertiary/aromatic N) is 3. The molecule has 1 aliphatic carbocycles. The monoisotopic (exact) mass is 431 g/mol. The van der Waals surface area contributed by atoms with Gasteiger partial charge in [-0.3, -0.25) is 14.0 Å². The van der Waals surface area contributed by atoms with E-state index in [1.54, 1.807) is 24.3 Å². The third-order valence-electron chi connectivity index (χ3n) is 5.23. The molecule has 1 saturated carbocycles. The molecule has 2 aromatic carbocycles. The van der Waals surface area contributed by atoms with Crippen molar-refractivity contribution in [3.05, 3.63) is 65.7 Å². The highest BCUT2D eigenvalue weighted by Crippen LogP contribution is 2.26. The van der Waals surface area contributed by atoms with Crippen molar-refractivity contribution in [3.8, 4) is 0 Å². The van der Waals surface area contributed by atoms with Crippen LogP contribution in [0.3, 0.4) is 0 Å². The summed E-state index contributed by atoms with van der Waals surface area (Å²) in [6.45, 7) is 2.05. The molecule has 8 heteroatoms. The average molecular weight is 432 g/mol. The van der Waals surface area contributed by atoms with Gasteiger partial charge in [-0.05, 0) is 55.7 Å². The molecule has 31 heavy (non-hydrogen) atoms. The lowest BCUT2D eigenvalue weighted by atomic mass is 10.1. The number of para-hydroxylation sites is 1. The number of aromatic nitrogens is 3. The van der Waals surface area contributed by atoms with Crippen LogP contribution < -0.4 is 10.6 Å². The molecule has 0 saturated heterocycles. The number of anilines is 1. The van der Waals surface area contributed by atoms with Crippen LogP contribution >= 0.6 is 11.8 Å². The predicted octanol–water partition coefficient (Wildman–Crippen LogP) is 3.81. The molecule has 0 atom stereocenters. The van der Waals surface area contributed by atoms with E-state index in [0.29, 0.717) is 22.4 Å². The number of pyridine rings is 1. The van der Waals surface area contributed by atoms with Gasteiger partial charge in [0.2, 0.25) is 5.91 Å². The summed E-state index contributed by atoms with van der Waals surface area (Å²) in [6, 6.07) is 17.4. The number of thioether (sulfide) groups is 1. The lowest BCUT2D eigenvalue weighted by Crippen LogP contribution is -2.25. The Hall–Kier alpha value is -3.39. The maximum absolute atomic E-state index is 12.5. The summed E-state index contributed by atoms with van der Waals surface area (Å²) >= 11 is 1.33. The van der Waals surface area contributed by atoms with Gasteiger partial charge in [0.1, 0.15) is 0 Å². The Bertz CT molecular complexity index is 1310. The van der Waals surface area contributed by atoms with E-state index in [-0.39, 0.29) is 17.6 Å². The molecule has 7 nitrogen and oxygen atoms in total. The number of rotatable bonds is 6. The SMILES string of the molecule is Cc1cc2nnc(SCC(=O)Nc3cccc(C(=O)NC4CC4)c3)n2c2ccccc12. The fourth-order valence-electron chi connectivity index (χ4n) is 3.53. The average Bonchev–Trinajstić information content (AvgIpc) is 3.50. The molecule has 2 N–H and O–H groups in total. The van der Waals surface area contributed by atoms with Crippen LogP contribution in [0.1, 0.15) is 28.8 Å². The van der Waals surface area contributed by atoms with Crippen molar-refractivity contribution in [2.45, 2.75) is 31.0 Å². The second-order valence-electron chi connectivity index (χ2n) is 7.69. The standard InChI is InChI=1S/C23H21N5O2S/c1-14-11-20-26-27-23(28(20)19-8-3-2-7-18(14)19)31-13-21(29)24-17-6-4-5-15(12-17)22(30)25-16-9-10-16/h2-8,11-12,16H,9-10,13H2,1H3,(H,24,29)(H,25,30). The van der Waals surface area contributed by atoms with E-state index >= 15 is 0 Å². The number of aryl methyl sites for hydroxylation is 1. The first kappa shape index (κ1) is 19.6. The van der Waals surface area contributed by atoms with E-state index in [1.807, 2.05) is 28.7 Å². The molecule has 0 spiro atoms. The number of amides is 2. The molecule has 5 rings (SSSR count). The van der Waals surface area contributed by atoms with Gasteiger partial charge in [0, 0.05) is 22.7 Å². The number of benzene rings is 2. The Morgan fingerprint density at radius 2 is 1.94 bits per heavy atom. The van der Waals surface area contributed by atoms with Gasteiger partial charge in [0.05, 0.1) is 11.3 Å². The zero-order valence-corrected chi connectivity index (χ0v) is 17.8. The van der Waals surface area contributed by atoms with Gasteiger partial charge in [0.25, 0.3) is 5.91 Å². The smallest absolute Gasteiger partial charge is 0.251 e. The molecule has 0 unspecified atom stereocenters. The lowest BCUT2D eigenvalue weighted by molar-refractivity contribution is -0.113. The molecule has 0 aliphatic heterocycles. The highest BCUT2D eigenvalue weighted by Gasteiger charge is 2.23. The Balaban J connectivity index is 1.29. The van der Waals surface area contributed by atoms with E-state index in [1.165, 1.54) is 11.8 Å². The van der Waals surface area contributed by atoms with Crippen LogP contribution in [0.4, 0.5) is 5.69 Å². The quantitative estimate of drug-likeness (QED) is 0.453. The van der Waals surface area contributed by atoms with Gasteiger partial charge in [-0.2, -0.15) is 0 Å². The van der Waals surface area contributed by atoms with E-state index in [0.717, 1.165) is 35.0 Å². The van der Waals surface area contributed by atoms with Crippen LogP contribution in [0.5, 0.6) is 0 Å². The Kier molecular flexibility index (Phi) is 5.07. The van der Waals surface area contributed by atoms with Crippen molar-refractivity contribution in [2.75, 3.05) is 11.1 Å². The minimum Gasteiger partial charge on any atom is -0.349 e. The minimum atomic E-state index is -0.169. The second-order valence-corrected chi connectivity index (χ2v) is 8.63. The molecule has 156 valence electrons. The minimum absolute atomic E-state index is 0.106. The molecule has 2 amide bonds. The molecule has 1 fully saturated rings. The zero-order chi connectivity index (χ0) is 21.4. The fourth-order valence-corrected chi connectivity index (χ4v) is 4.28. The van der Waals surface area contributed by atoms with Crippen molar-refractivity contribution < 1.29 is 9.59 Å².